The van der Waals surface area contributed by atoms with Crippen LogP contribution in [0.3, 0.4) is 0 Å². The molecule has 0 fully saturated rings. The molecule has 2 aromatic rings. The topological polar surface area (TPSA) is 22.1 Å². The predicted octanol–water partition coefficient (Wildman–Crippen LogP) is 3.95. The number of ether oxygens (including phenoxy) is 1. The molecule has 0 spiro atoms. The minimum Gasteiger partial charge on any atom is -0.497 e. The first kappa shape index (κ1) is 13.6. The van der Waals surface area contributed by atoms with Gasteiger partial charge in [0.15, 0.2) is 0 Å². The summed E-state index contributed by atoms with van der Waals surface area (Å²) in [7, 11) is 1.69. The third kappa shape index (κ3) is 3.82. The average molecular weight is 326 g/mol. The highest BCUT2D eigenvalue weighted by Crippen LogP contribution is 2.20. The lowest BCUT2D eigenvalue weighted by Gasteiger charge is -2.13. The summed E-state index contributed by atoms with van der Waals surface area (Å²) in [6.45, 7) is 0. The molecule has 0 aliphatic rings. The minimum absolute atomic E-state index is 0.610. The molecule has 1 aromatic carbocycles. The number of aromatic nitrogens is 1. The fraction of sp³-hybridized carbons (Fsp3) is 0.357. The molecule has 2 rings (SSSR count). The summed E-state index contributed by atoms with van der Waals surface area (Å²) in [6.07, 6.45) is 4.13. The van der Waals surface area contributed by atoms with Gasteiger partial charge in [0.25, 0.3) is 0 Å². The minimum atomic E-state index is 0.610. The van der Waals surface area contributed by atoms with Gasteiger partial charge in [-0.1, -0.05) is 28.1 Å². The molecule has 0 saturated carbocycles. The monoisotopic (exact) mass is 325 g/mol. The van der Waals surface area contributed by atoms with Crippen LogP contribution in [0.5, 0.6) is 5.75 Å². The van der Waals surface area contributed by atoms with Crippen molar-refractivity contribution in [3.63, 3.8) is 0 Å². The molecule has 0 saturated heterocycles. The van der Waals surface area contributed by atoms with Crippen LogP contribution in [-0.2, 0) is 12.8 Å². The normalized spacial score (nSPS) is 12.3. The molecule has 4 heteroatoms. The number of methoxy groups -OCH3 is 1. The summed E-state index contributed by atoms with van der Waals surface area (Å²) in [5.74, 6) is 1.52. The number of rotatable bonds is 6. The van der Waals surface area contributed by atoms with Crippen LogP contribution in [0.1, 0.15) is 10.4 Å². The standard InChI is InChI=1S/C14H16BrNOS/c1-17-13-4-2-11(3-5-13)6-12(8-15)7-14-9-16-10-18-14/h2-5,9-10,12H,6-8H2,1H3. The van der Waals surface area contributed by atoms with E-state index in [0.717, 1.165) is 23.9 Å². The van der Waals surface area contributed by atoms with Gasteiger partial charge in [-0.3, -0.25) is 4.98 Å². The summed E-state index contributed by atoms with van der Waals surface area (Å²) in [5.41, 5.74) is 3.25. The summed E-state index contributed by atoms with van der Waals surface area (Å²) >= 11 is 5.34. The van der Waals surface area contributed by atoms with E-state index in [-0.39, 0.29) is 0 Å². The number of halogens is 1. The largest absolute Gasteiger partial charge is 0.497 e. The molecule has 1 aromatic heterocycles. The van der Waals surface area contributed by atoms with Crippen molar-refractivity contribution in [2.24, 2.45) is 5.92 Å². The van der Waals surface area contributed by atoms with Crippen LogP contribution >= 0.6 is 27.3 Å². The number of hydrogen-bond donors (Lipinski definition) is 0. The van der Waals surface area contributed by atoms with Gasteiger partial charge in [-0.05, 0) is 36.5 Å². The van der Waals surface area contributed by atoms with Crippen LogP contribution in [0.15, 0.2) is 36.0 Å². The zero-order valence-electron chi connectivity index (χ0n) is 10.3. The Balaban J connectivity index is 1.96. The number of hydrogen-bond acceptors (Lipinski definition) is 3. The third-order valence-corrected chi connectivity index (χ3v) is 4.59. The molecule has 96 valence electrons. The molecule has 18 heavy (non-hydrogen) atoms. The van der Waals surface area contributed by atoms with E-state index in [1.807, 2.05) is 23.8 Å². The average Bonchev–Trinajstić information content (AvgIpc) is 2.91. The Morgan fingerprint density at radius 3 is 2.61 bits per heavy atom. The summed E-state index contributed by atoms with van der Waals surface area (Å²) in [5, 5.41) is 1.01. The van der Waals surface area contributed by atoms with E-state index in [9.17, 15) is 0 Å². The number of alkyl halides is 1. The van der Waals surface area contributed by atoms with E-state index in [1.54, 1.807) is 18.4 Å². The van der Waals surface area contributed by atoms with Gasteiger partial charge < -0.3 is 4.74 Å². The van der Waals surface area contributed by atoms with Crippen molar-refractivity contribution in [3.8, 4) is 5.75 Å². The first-order chi connectivity index (χ1) is 8.81. The second-order valence-electron chi connectivity index (χ2n) is 4.24. The van der Waals surface area contributed by atoms with Crippen molar-refractivity contribution >= 4 is 27.3 Å². The fourth-order valence-corrected chi connectivity index (χ4v) is 3.07. The SMILES string of the molecule is COc1ccc(CC(CBr)Cc2cncs2)cc1. The third-order valence-electron chi connectivity index (χ3n) is 2.87. The molecule has 1 atom stereocenters. The molecule has 0 radical (unpaired) electrons. The summed E-state index contributed by atoms with van der Waals surface area (Å²) < 4.78 is 5.17. The second-order valence-corrected chi connectivity index (χ2v) is 5.86. The predicted molar refractivity (Wildman–Crippen MR) is 79.8 cm³/mol. The Morgan fingerprint density at radius 1 is 1.28 bits per heavy atom. The van der Waals surface area contributed by atoms with Gasteiger partial charge >= 0.3 is 0 Å². The Bertz CT molecular complexity index is 455. The highest BCUT2D eigenvalue weighted by atomic mass is 79.9. The molecule has 0 aliphatic carbocycles. The highest BCUT2D eigenvalue weighted by Gasteiger charge is 2.10. The summed E-state index contributed by atoms with van der Waals surface area (Å²) in [4.78, 5) is 5.48. The molecule has 0 aliphatic heterocycles. The van der Waals surface area contributed by atoms with Crippen LogP contribution in [0.2, 0.25) is 0 Å². The second kappa shape index (κ2) is 6.90. The van der Waals surface area contributed by atoms with Crippen molar-refractivity contribution in [1.29, 1.82) is 0 Å². The molecule has 0 bridgehead atoms. The lowest BCUT2D eigenvalue weighted by molar-refractivity contribution is 0.414. The van der Waals surface area contributed by atoms with Crippen LogP contribution in [-0.4, -0.2) is 17.4 Å². The van der Waals surface area contributed by atoms with Crippen LogP contribution in [0.4, 0.5) is 0 Å². The van der Waals surface area contributed by atoms with Gasteiger partial charge in [0, 0.05) is 16.4 Å². The Morgan fingerprint density at radius 2 is 2.06 bits per heavy atom. The van der Waals surface area contributed by atoms with Crippen molar-refractivity contribution in [2.45, 2.75) is 12.8 Å². The first-order valence-corrected chi connectivity index (χ1v) is 7.88. The van der Waals surface area contributed by atoms with Gasteiger partial charge in [0.1, 0.15) is 5.75 Å². The zero-order valence-corrected chi connectivity index (χ0v) is 12.7. The van der Waals surface area contributed by atoms with Crippen molar-refractivity contribution in [1.82, 2.24) is 4.98 Å². The molecule has 1 heterocycles. The van der Waals surface area contributed by atoms with Gasteiger partial charge in [0.05, 0.1) is 12.6 Å². The maximum atomic E-state index is 5.17. The van der Waals surface area contributed by atoms with Crippen LogP contribution < -0.4 is 4.74 Å². The van der Waals surface area contributed by atoms with Gasteiger partial charge in [0.2, 0.25) is 0 Å². The molecule has 1 unspecified atom stereocenters. The van der Waals surface area contributed by atoms with Crippen molar-refractivity contribution in [2.75, 3.05) is 12.4 Å². The van der Waals surface area contributed by atoms with E-state index in [4.69, 9.17) is 4.74 Å². The van der Waals surface area contributed by atoms with E-state index in [2.05, 4.69) is 33.0 Å². The Hall–Kier alpha value is -0.870. The molecule has 0 amide bonds. The van der Waals surface area contributed by atoms with Crippen molar-refractivity contribution < 1.29 is 4.74 Å². The smallest absolute Gasteiger partial charge is 0.118 e. The van der Waals surface area contributed by atoms with Gasteiger partial charge in [-0.15, -0.1) is 11.3 Å². The molecular formula is C14H16BrNOS. The van der Waals surface area contributed by atoms with Crippen molar-refractivity contribution in [3.05, 3.63) is 46.4 Å². The van der Waals surface area contributed by atoms with E-state index in [1.165, 1.54) is 10.4 Å². The quantitative estimate of drug-likeness (QED) is 0.750. The number of nitrogens with zero attached hydrogens (tertiary/aromatic N) is 1. The van der Waals surface area contributed by atoms with Crippen LogP contribution in [0.25, 0.3) is 0 Å². The first-order valence-electron chi connectivity index (χ1n) is 5.88. The Kier molecular flexibility index (Phi) is 5.20. The lowest BCUT2D eigenvalue weighted by atomic mass is 9.97. The molecular weight excluding hydrogens is 310 g/mol. The molecule has 2 nitrogen and oxygen atoms in total. The number of benzene rings is 1. The molecule has 0 N–H and O–H groups in total. The highest BCUT2D eigenvalue weighted by molar-refractivity contribution is 9.09. The fourth-order valence-electron chi connectivity index (χ4n) is 1.90. The lowest BCUT2D eigenvalue weighted by Crippen LogP contribution is -2.09. The maximum Gasteiger partial charge on any atom is 0.118 e. The maximum absolute atomic E-state index is 5.17. The van der Waals surface area contributed by atoms with Gasteiger partial charge in [-0.2, -0.15) is 0 Å². The van der Waals surface area contributed by atoms with E-state index >= 15 is 0 Å². The number of thiazole rings is 1. The van der Waals surface area contributed by atoms with Crippen LogP contribution in [0, 0.1) is 5.92 Å². The van der Waals surface area contributed by atoms with Gasteiger partial charge in [-0.25, -0.2) is 0 Å². The van der Waals surface area contributed by atoms with E-state index < -0.39 is 0 Å². The summed E-state index contributed by atoms with van der Waals surface area (Å²) in [6, 6.07) is 8.32. The zero-order chi connectivity index (χ0) is 12.8. The Labute approximate surface area is 120 Å². The van der Waals surface area contributed by atoms with E-state index in [0.29, 0.717) is 5.92 Å².